The maximum atomic E-state index is 13.9. The fourth-order valence-electron chi connectivity index (χ4n) is 9.16. The number of nitriles is 2. The van der Waals surface area contributed by atoms with Crippen LogP contribution in [0.15, 0.2) is 91.0 Å². The minimum absolute atomic E-state index is 0.0401. The molecule has 1 aliphatic carbocycles. The van der Waals surface area contributed by atoms with E-state index >= 15 is 0 Å². The average molecular weight is 917 g/mol. The Morgan fingerprint density at radius 2 is 1.53 bits per heavy atom. The van der Waals surface area contributed by atoms with Crippen molar-refractivity contribution >= 4 is 40.9 Å². The summed E-state index contributed by atoms with van der Waals surface area (Å²) in [6.07, 6.45) is -1.04. The summed E-state index contributed by atoms with van der Waals surface area (Å²) in [6, 6.07) is 29.1. The molecule has 0 aromatic heterocycles. The Kier molecular flexibility index (Phi) is 15.1. The van der Waals surface area contributed by atoms with Crippen LogP contribution in [0.2, 0.25) is 5.02 Å². The van der Waals surface area contributed by atoms with Crippen molar-refractivity contribution < 1.29 is 33.8 Å². The molecule has 0 bridgehead atoms. The van der Waals surface area contributed by atoms with Gasteiger partial charge in [0, 0.05) is 60.2 Å². The Labute approximate surface area is 391 Å². The molecule has 0 radical (unpaired) electrons. The predicted molar refractivity (Wildman–Crippen MR) is 251 cm³/mol. The lowest BCUT2D eigenvalue weighted by Gasteiger charge is -2.63. The molecular weight excluding hydrogens is 858 g/mol. The molecule has 1 heterocycles. The Morgan fingerprint density at radius 1 is 0.894 bits per heavy atom. The first-order valence-electron chi connectivity index (χ1n) is 22.0. The van der Waals surface area contributed by atoms with Crippen molar-refractivity contribution in [2.75, 3.05) is 31.6 Å². The highest BCUT2D eigenvalue weighted by atomic mass is 35.5. The highest BCUT2D eigenvalue weighted by Gasteiger charge is 2.64. The van der Waals surface area contributed by atoms with Crippen molar-refractivity contribution in [3.8, 4) is 29.0 Å². The SMILES string of the molecule is CC(C)(C)[C@H](NC(=O)COCCNc1ccc(-c2ccc(C(=O)N[C@H]3C(C)(C)[C@H](Oc4ccc(C#N)c(Cl)c4)C3(C)C)cc2)cc1)C(=O)N1C[C@H](O)C[C@H]1C(=O)NCc1ccc(C#N)cc1. The second-order valence-corrected chi connectivity index (χ2v) is 19.6. The van der Waals surface area contributed by atoms with Gasteiger partial charge in [0.25, 0.3) is 5.91 Å². The number of nitrogens with one attached hydrogen (secondary N) is 4. The van der Waals surface area contributed by atoms with Crippen molar-refractivity contribution in [1.29, 1.82) is 10.5 Å². The van der Waals surface area contributed by atoms with Gasteiger partial charge in [0.05, 0.1) is 34.9 Å². The average Bonchev–Trinajstić information content (AvgIpc) is 3.69. The van der Waals surface area contributed by atoms with Crippen LogP contribution in [0, 0.1) is 38.9 Å². The summed E-state index contributed by atoms with van der Waals surface area (Å²) in [5, 5.41) is 41.2. The van der Waals surface area contributed by atoms with Gasteiger partial charge in [-0.3, -0.25) is 19.2 Å². The van der Waals surface area contributed by atoms with Gasteiger partial charge in [-0.15, -0.1) is 0 Å². The van der Waals surface area contributed by atoms with E-state index in [1.165, 1.54) is 4.90 Å². The van der Waals surface area contributed by atoms with Crippen molar-refractivity contribution in [2.45, 2.75) is 91.8 Å². The van der Waals surface area contributed by atoms with Crippen LogP contribution in [0.5, 0.6) is 5.75 Å². The monoisotopic (exact) mass is 915 g/mol. The van der Waals surface area contributed by atoms with E-state index in [1.54, 1.807) is 42.5 Å². The zero-order valence-electron chi connectivity index (χ0n) is 38.4. The van der Waals surface area contributed by atoms with Crippen molar-refractivity contribution in [3.63, 3.8) is 0 Å². The predicted octanol–water partition coefficient (Wildman–Crippen LogP) is 6.60. The van der Waals surface area contributed by atoms with E-state index < -0.39 is 52.2 Å². The van der Waals surface area contributed by atoms with Crippen LogP contribution in [0.25, 0.3) is 11.1 Å². The van der Waals surface area contributed by atoms with Crippen LogP contribution in [-0.2, 0) is 25.7 Å². The van der Waals surface area contributed by atoms with E-state index in [2.05, 4.69) is 61.1 Å². The molecule has 5 N–H and O–H groups in total. The number of benzene rings is 4. The first-order valence-corrected chi connectivity index (χ1v) is 22.3. The van der Waals surface area contributed by atoms with Crippen LogP contribution in [-0.4, -0.2) is 90.3 Å². The largest absolute Gasteiger partial charge is 0.489 e. The van der Waals surface area contributed by atoms with Crippen LogP contribution in [0.4, 0.5) is 5.69 Å². The van der Waals surface area contributed by atoms with Gasteiger partial charge in [-0.05, 0) is 70.6 Å². The molecule has 1 saturated carbocycles. The van der Waals surface area contributed by atoms with Crippen molar-refractivity contribution in [1.82, 2.24) is 20.9 Å². The number of amides is 4. The number of hydrogen-bond acceptors (Lipinski definition) is 10. The lowest BCUT2D eigenvalue weighted by atomic mass is 9.49. The second kappa shape index (κ2) is 20.4. The molecule has 0 spiro atoms. The van der Waals surface area contributed by atoms with E-state index in [9.17, 15) is 29.5 Å². The normalized spacial score (nSPS) is 19.8. The standard InChI is InChI=1S/C51H58ClN7O7/c1-49(2,3)43(46(64)59-29-38(60)24-41(59)45(63)56-28-32-10-8-31(26-53)9-11-32)57-42(61)30-65-23-22-55-37-19-16-34(17-20-37)33-12-14-35(15-13-33)44(62)58-47-50(4,5)48(51(47,6)7)66-39-21-18-36(27-54)40(52)25-39/h8-21,25,38,41,43,47-48,55,60H,22-24,28-30H2,1-7H3,(H,56,63)(H,57,61)(H,58,62)/t38-,41+,43-,47-,48-/m1/s1. The molecule has 4 aromatic rings. The number of carbonyl (C=O) groups excluding carboxylic acids is 4. The first-order chi connectivity index (χ1) is 31.2. The van der Waals surface area contributed by atoms with Crippen molar-refractivity contribution in [3.05, 3.63) is 118 Å². The Bertz CT molecular complexity index is 2470. The number of carbonyl (C=O) groups is 4. The molecule has 346 valence electrons. The second-order valence-electron chi connectivity index (χ2n) is 19.2. The Hall–Kier alpha value is -6.45. The molecule has 1 aliphatic heterocycles. The van der Waals surface area contributed by atoms with Crippen LogP contribution in [0.3, 0.4) is 0 Å². The van der Waals surface area contributed by atoms with Gasteiger partial charge in [0.2, 0.25) is 17.7 Å². The number of halogens is 1. The fourth-order valence-corrected chi connectivity index (χ4v) is 9.38. The highest BCUT2D eigenvalue weighted by Crippen LogP contribution is 2.55. The molecule has 4 amide bonds. The smallest absolute Gasteiger partial charge is 0.251 e. The zero-order valence-corrected chi connectivity index (χ0v) is 39.2. The zero-order chi connectivity index (χ0) is 48.0. The number of nitrogens with zero attached hydrogens (tertiary/aromatic N) is 3. The fraction of sp³-hybridized carbons (Fsp3) is 0.412. The van der Waals surface area contributed by atoms with E-state index in [0.29, 0.717) is 34.0 Å². The summed E-state index contributed by atoms with van der Waals surface area (Å²) in [5.74, 6) is -0.977. The molecular formula is C51H58ClN7O7. The molecule has 0 unspecified atom stereocenters. The lowest BCUT2D eigenvalue weighted by Crippen LogP contribution is -2.74. The number of rotatable bonds is 16. The summed E-state index contributed by atoms with van der Waals surface area (Å²) in [6.45, 7) is 14.2. The quantitative estimate of drug-likeness (QED) is 0.0762. The number of aliphatic hydroxyl groups is 1. The highest BCUT2D eigenvalue weighted by molar-refractivity contribution is 6.31. The summed E-state index contributed by atoms with van der Waals surface area (Å²) in [4.78, 5) is 55.0. The topological polar surface area (TPSA) is 206 Å². The minimum atomic E-state index is -0.984. The summed E-state index contributed by atoms with van der Waals surface area (Å²) < 4.78 is 12.0. The Balaban J connectivity index is 0.936. The van der Waals surface area contributed by atoms with Gasteiger partial charge in [-0.25, -0.2) is 0 Å². The molecule has 2 fully saturated rings. The summed E-state index contributed by atoms with van der Waals surface area (Å²) in [5.41, 5.74) is 3.46. The summed E-state index contributed by atoms with van der Waals surface area (Å²) >= 11 is 6.24. The number of likely N-dealkylation sites (tertiary alicyclic amines) is 1. The van der Waals surface area contributed by atoms with Gasteiger partial charge in [0.1, 0.15) is 36.6 Å². The van der Waals surface area contributed by atoms with Gasteiger partial charge in [-0.1, -0.05) is 96.5 Å². The molecule has 1 saturated heterocycles. The number of aliphatic hydroxyl groups excluding tert-OH is 1. The summed E-state index contributed by atoms with van der Waals surface area (Å²) in [7, 11) is 0. The number of hydrogen-bond donors (Lipinski definition) is 5. The van der Waals surface area contributed by atoms with E-state index in [-0.39, 0.29) is 50.8 Å². The minimum Gasteiger partial charge on any atom is -0.489 e. The van der Waals surface area contributed by atoms with E-state index in [1.807, 2.05) is 69.3 Å². The van der Waals surface area contributed by atoms with Gasteiger partial charge in [0.15, 0.2) is 0 Å². The van der Waals surface area contributed by atoms with Gasteiger partial charge < -0.3 is 40.7 Å². The van der Waals surface area contributed by atoms with Crippen molar-refractivity contribution in [2.24, 2.45) is 16.2 Å². The van der Waals surface area contributed by atoms with Gasteiger partial charge >= 0.3 is 0 Å². The number of β-amino-alcohol motifs (C(OH)–C–C–N with tert-alkyl or cyclic N) is 1. The van der Waals surface area contributed by atoms with Crippen LogP contribution >= 0.6 is 11.6 Å². The lowest BCUT2D eigenvalue weighted by molar-refractivity contribution is -0.164. The Morgan fingerprint density at radius 3 is 2.12 bits per heavy atom. The third-order valence-electron chi connectivity index (χ3n) is 12.4. The molecule has 15 heteroatoms. The maximum Gasteiger partial charge on any atom is 0.251 e. The van der Waals surface area contributed by atoms with Crippen LogP contribution < -0.4 is 26.0 Å². The molecule has 3 atom stereocenters. The maximum absolute atomic E-state index is 13.9. The van der Waals surface area contributed by atoms with Gasteiger partial charge in [-0.2, -0.15) is 10.5 Å². The molecule has 2 aliphatic rings. The molecule has 66 heavy (non-hydrogen) atoms. The third kappa shape index (κ3) is 11.3. The number of anilines is 1. The van der Waals surface area contributed by atoms with E-state index in [0.717, 1.165) is 22.4 Å². The third-order valence-corrected chi connectivity index (χ3v) is 12.7. The molecule has 6 rings (SSSR count). The number of ether oxygens (including phenoxy) is 2. The van der Waals surface area contributed by atoms with E-state index in [4.69, 9.17) is 26.3 Å². The first kappa shape index (κ1) is 49.0. The molecule has 14 nitrogen and oxygen atoms in total. The van der Waals surface area contributed by atoms with Crippen LogP contribution in [0.1, 0.15) is 81.9 Å². The molecule has 4 aromatic carbocycles.